The zero-order chi connectivity index (χ0) is 9.00. The molecule has 0 unspecified atom stereocenters. The van der Waals surface area contributed by atoms with Gasteiger partial charge in [0.1, 0.15) is 0 Å². The van der Waals surface area contributed by atoms with Gasteiger partial charge in [0, 0.05) is 0 Å². The molecule has 0 aromatic rings. The van der Waals surface area contributed by atoms with Crippen LogP contribution < -0.4 is 44.2 Å². The molecule has 13 heteroatoms. The summed E-state index contributed by atoms with van der Waals surface area (Å²) in [5, 5.41) is 0. The normalized spacial score (nSPS) is 9.08. The fourth-order valence-electron chi connectivity index (χ4n) is 0. The smallest absolute Gasteiger partial charge is 0.822 e. The first-order valence-electron chi connectivity index (χ1n) is 1.51. The Morgan fingerprint density at radius 2 is 0.923 bits per heavy atom. The van der Waals surface area contributed by atoms with Crippen LogP contribution in [0.2, 0.25) is 0 Å². The van der Waals surface area contributed by atoms with Crippen LogP contribution in [0, 0.1) is 0 Å². The maximum Gasteiger partial charge on any atom is 2.00 e. The van der Waals surface area contributed by atoms with Gasteiger partial charge in [0.25, 0.3) is 0 Å². The van der Waals surface area contributed by atoms with E-state index in [1.54, 1.807) is 0 Å². The number of phosphoric acid groups is 2. The van der Waals surface area contributed by atoms with E-state index >= 15 is 0 Å². The van der Waals surface area contributed by atoms with Gasteiger partial charge in [0.15, 0.2) is 0 Å². The van der Waals surface area contributed by atoms with Crippen molar-refractivity contribution >= 4 is 64.5 Å². The van der Waals surface area contributed by atoms with Crippen LogP contribution in [0.3, 0.4) is 0 Å². The van der Waals surface area contributed by atoms with Crippen molar-refractivity contribution in [2.75, 3.05) is 0 Å². The van der Waals surface area contributed by atoms with Gasteiger partial charge in [-0.25, -0.2) is 4.57 Å². The third-order valence-electron chi connectivity index (χ3n) is 0. The standard InChI is InChI=1S/Ba.Na.2H3O4P.H2O/c;;2*1-5(2,3)4;/h;;2*(H3,1,2,3,4);1H2/q+2;+1;;;/p-3. The molecule has 5 N–H and O–H groups in total. The van der Waals surface area contributed by atoms with E-state index in [4.69, 9.17) is 38.5 Å². The van der Waals surface area contributed by atoms with Crippen molar-refractivity contribution in [2.24, 2.45) is 0 Å². The third kappa shape index (κ3) is 317. The van der Waals surface area contributed by atoms with Gasteiger partial charge < -0.3 is 39.4 Å². The van der Waals surface area contributed by atoms with Gasteiger partial charge >= 0.3 is 86.3 Å². The first kappa shape index (κ1) is 29.7. The molecule has 72 valence electrons. The topological polar surface area (TPSA) is 196 Å². The van der Waals surface area contributed by atoms with Crippen LogP contribution in [0.25, 0.3) is 0 Å². The molecule has 0 aliphatic carbocycles. The van der Waals surface area contributed by atoms with E-state index in [1.165, 1.54) is 0 Å². The van der Waals surface area contributed by atoms with Gasteiger partial charge in [-0.15, -0.1) is 0 Å². The largest absolute Gasteiger partial charge is 2.00 e. The van der Waals surface area contributed by atoms with Crippen molar-refractivity contribution in [3.8, 4) is 0 Å². The van der Waals surface area contributed by atoms with Crippen molar-refractivity contribution in [1.29, 1.82) is 0 Å². The monoisotopic (exact) mass is 372 g/mol. The second kappa shape index (κ2) is 12.8. The first-order valence-corrected chi connectivity index (χ1v) is 4.54. The van der Waals surface area contributed by atoms with Crippen molar-refractivity contribution in [3.63, 3.8) is 0 Å². The molecular formula is H5BaNaO9P2. The minimum atomic E-state index is -5.39. The second-order valence-corrected chi connectivity index (χ2v) is 2.88. The van der Waals surface area contributed by atoms with Crippen LogP contribution in [0.5, 0.6) is 0 Å². The number of hydrogen-bond acceptors (Lipinski definition) is 5. The van der Waals surface area contributed by atoms with Crippen LogP contribution in [0.4, 0.5) is 0 Å². The average Bonchev–Trinajstić information content (AvgIpc) is 1.12. The number of hydrogen-bond donors (Lipinski definition) is 3. The van der Waals surface area contributed by atoms with Crippen LogP contribution >= 0.6 is 15.6 Å². The average molecular weight is 371 g/mol. The van der Waals surface area contributed by atoms with E-state index in [1.807, 2.05) is 0 Å². The van der Waals surface area contributed by atoms with Gasteiger partial charge in [-0.1, -0.05) is 0 Å². The molecule has 0 saturated heterocycles. The maximum atomic E-state index is 8.88. The second-order valence-electron chi connectivity index (χ2n) is 0.960. The summed E-state index contributed by atoms with van der Waals surface area (Å²) in [7, 11) is -10.0. The molecule has 0 heterocycles. The van der Waals surface area contributed by atoms with E-state index in [-0.39, 0.29) is 83.9 Å². The molecular weight excluding hydrogens is 366 g/mol. The fraction of sp³-hybridized carbons (Fsp3) is 0. The molecule has 0 bridgehead atoms. The van der Waals surface area contributed by atoms with Crippen molar-refractivity contribution in [1.82, 2.24) is 0 Å². The molecule has 0 saturated carbocycles. The first-order chi connectivity index (χ1) is 4.00. The molecule has 0 aromatic carbocycles. The van der Waals surface area contributed by atoms with Gasteiger partial charge in [-0.2, -0.15) is 7.82 Å². The van der Waals surface area contributed by atoms with Gasteiger partial charge in [0.2, 0.25) is 0 Å². The molecule has 0 amide bonds. The molecule has 0 aliphatic rings. The minimum absolute atomic E-state index is 0. The summed E-state index contributed by atoms with van der Waals surface area (Å²) in [5.41, 5.74) is 0. The molecule has 9 nitrogen and oxygen atoms in total. The summed E-state index contributed by atoms with van der Waals surface area (Å²) >= 11 is 0. The molecule has 0 rings (SSSR count). The predicted octanol–water partition coefficient (Wildman–Crippen LogP) is -7.95. The van der Waals surface area contributed by atoms with E-state index in [0.717, 1.165) is 0 Å². The molecule has 0 atom stereocenters. The summed E-state index contributed by atoms with van der Waals surface area (Å²) in [4.78, 5) is 47.2. The fourth-order valence-corrected chi connectivity index (χ4v) is 0. The van der Waals surface area contributed by atoms with Crippen molar-refractivity contribution in [3.05, 3.63) is 0 Å². The SMILES string of the molecule is O.O=P(O)(O)O.O=P([O-])([O-])[O-].[Ba+2].[Na+]. The molecule has 0 radical (unpaired) electrons. The Morgan fingerprint density at radius 3 is 0.923 bits per heavy atom. The quantitative estimate of drug-likeness (QED) is 0.275. The Balaban J connectivity index is -0.0000000267. The maximum absolute atomic E-state index is 8.88. The Kier molecular flexibility index (Phi) is 29.2. The molecule has 13 heavy (non-hydrogen) atoms. The summed E-state index contributed by atoms with van der Waals surface area (Å²) < 4.78 is 17.4. The predicted molar refractivity (Wildman–Crippen MR) is 31.2 cm³/mol. The van der Waals surface area contributed by atoms with Gasteiger partial charge in [0.05, 0.1) is 0 Å². The summed E-state index contributed by atoms with van der Waals surface area (Å²) in [6.45, 7) is 0. The van der Waals surface area contributed by atoms with Crippen LogP contribution in [0.15, 0.2) is 0 Å². The van der Waals surface area contributed by atoms with Gasteiger partial charge in [-0.3, -0.25) is 0 Å². The van der Waals surface area contributed by atoms with Gasteiger partial charge in [-0.05, 0) is 0 Å². The zero-order valence-electron chi connectivity index (χ0n) is 6.48. The number of rotatable bonds is 0. The summed E-state index contributed by atoms with van der Waals surface area (Å²) in [5.74, 6) is 0. The van der Waals surface area contributed by atoms with E-state index in [2.05, 4.69) is 0 Å². The van der Waals surface area contributed by atoms with E-state index < -0.39 is 15.6 Å². The molecule has 0 aliphatic heterocycles. The molecule has 0 spiro atoms. The Morgan fingerprint density at radius 1 is 0.923 bits per heavy atom. The minimum Gasteiger partial charge on any atom is -0.822 e. The zero-order valence-corrected chi connectivity index (χ0v) is 14.7. The molecule has 0 fully saturated rings. The Bertz CT molecular complexity index is 130. The van der Waals surface area contributed by atoms with E-state index in [9.17, 15) is 0 Å². The summed E-state index contributed by atoms with van der Waals surface area (Å²) in [6, 6.07) is 0. The Labute approximate surface area is 136 Å². The van der Waals surface area contributed by atoms with Crippen LogP contribution in [0.1, 0.15) is 0 Å². The molecule has 0 aromatic heterocycles. The van der Waals surface area contributed by atoms with Crippen molar-refractivity contribution < 1.29 is 73.5 Å². The third-order valence-corrected chi connectivity index (χ3v) is 0. The van der Waals surface area contributed by atoms with Crippen molar-refractivity contribution in [2.45, 2.75) is 0 Å². The Hall–Kier alpha value is 2.75. The van der Waals surface area contributed by atoms with E-state index in [0.29, 0.717) is 0 Å². The summed E-state index contributed by atoms with van der Waals surface area (Å²) in [6.07, 6.45) is 0. The van der Waals surface area contributed by atoms with Crippen LogP contribution in [-0.2, 0) is 9.13 Å². The van der Waals surface area contributed by atoms with Crippen LogP contribution in [-0.4, -0.2) is 69.0 Å².